The largest absolute Gasteiger partial charge is 0.493 e. The fourth-order valence-electron chi connectivity index (χ4n) is 1.59. The lowest BCUT2D eigenvalue weighted by molar-refractivity contribution is 0.271. The van der Waals surface area contributed by atoms with Gasteiger partial charge in [0.2, 0.25) is 5.88 Å². The van der Waals surface area contributed by atoms with Crippen LogP contribution in [0, 0.1) is 5.92 Å². The molecule has 0 atom stereocenters. The van der Waals surface area contributed by atoms with Crippen LogP contribution in [-0.2, 0) is 0 Å². The second-order valence-corrected chi connectivity index (χ2v) is 5.17. The van der Waals surface area contributed by atoms with E-state index in [4.69, 9.17) is 21.1 Å². The minimum atomic E-state index is 0.354. The summed E-state index contributed by atoms with van der Waals surface area (Å²) in [7, 11) is 1.55. The molecule has 0 radical (unpaired) electrons. The number of aromatic nitrogens is 2. The van der Waals surface area contributed by atoms with Crippen LogP contribution in [0.2, 0.25) is 5.15 Å². The first-order valence-corrected chi connectivity index (χ1v) is 6.78. The van der Waals surface area contributed by atoms with E-state index in [9.17, 15) is 0 Å². The molecule has 0 aliphatic rings. The third-order valence-corrected chi connectivity index (χ3v) is 2.77. The van der Waals surface area contributed by atoms with E-state index in [2.05, 4.69) is 23.8 Å². The number of hydrogen-bond acceptors (Lipinski definition) is 4. The summed E-state index contributed by atoms with van der Waals surface area (Å²) in [6.45, 7) is 4.92. The van der Waals surface area contributed by atoms with Gasteiger partial charge < -0.3 is 9.47 Å². The summed E-state index contributed by atoms with van der Waals surface area (Å²) < 4.78 is 10.7. The Morgan fingerprint density at radius 1 is 1.15 bits per heavy atom. The number of rotatable bonds is 5. The van der Waals surface area contributed by atoms with Crippen LogP contribution < -0.4 is 9.47 Å². The van der Waals surface area contributed by atoms with Gasteiger partial charge in [-0.25, -0.2) is 4.98 Å². The molecule has 106 valence electrons. The molecule has 1 heterocycles. The van der Waals surface area contributed by atoms with Gasteiger partial charge in [-0.3, -0.25) is 0 Å². The third-order valence-electron chi connectivity index (χ3n) is 2.58. The van der Waals surface area contributed by atoms with E-state index in [0.717, 1.165) is 11.3 Å². The molecule has 1 aromatic carbocycles. The summed E-state index contributed by atoms with van der Waals surface area (Å²) in [4.78, 5) is 8.46. The minimum Gasteiger partial charge on any atom is -0.493 e. The highest BCUT2D eigenvalue weighted by atomic mass is 35.5. The maximum atomic E-state index is 5.94. The first kappa shape index (κ1) is 14.6. The molecular formula is C15H17ClN2O2. The van der Waals surface area contributed by atoms with Crippen molar-refractivity contribution in [3.8, 4) is 23.0 Å². The Hall–Kier alpha value is -1.81. The van der Waals surface area contributed by atoms with Crippen LogP contribution in [0.3, 0.4) is 0 Å². The third kappa shape index (κ3) is 3.84. The van der Waals surface area contributed by atoms with Gasteiger partial charge in [0.25, 0.3) is 0 Å². The van der Waals surface area contributed by atoms with Gasteiger partial charge in [0.1, 0.15) is 10.9 Å². The monoisotopic (exact) mass is 292 g/mol. The predicted octanol–water partition coefficient (Wildman–Crippen LogP) is 3.84. The van der Waals surface area contributed by atoms with Crippen LogP contribution in [0.15, 0.2) is 30.3 Å². The molecule has 0 bridgehead atoms. The Bertz CT molecular complexity index is 571. The first-order chi connectivity index (χ1) is 9.58. The zero-order valence-corrected chi connectivity index (χ0v) is 12.5. The number of benzene rings is 1. The molecule has 0 spiro atoms. The molecule has 4 nitrogen and oxygen atoms in total. The zero-order valence-electron chi connectivity index (χ0n) is 11.8. The fraction of sp³-hybridized carbons (Fsp3) is 0.333. The summed E-state index contributed by atoms with van der Waals surface area (Å²) in [5.41, 5.74) is 0.864. The smallest absolute Gasteiger partial charge is 0.218 e. The van der Waals surface area contributed by atoms with Crippen molar-refractivity contribution in [3.05, 3.63) is 35.5 Å². The van der Waals surface area contributed by atoms with Crippen molar-refractivity contribution in [2.75, 3.05) is 13.7 Å². The molecule has 0 aliphatic carbocycles. The van der Waals surface area contributed by atoms with E-state index in [1.165, 1.54) is 0 Å². The van der Waals surface area contributed by atoms with Crippen LogP contribution in [0.1, 0.15) is 13.8 Å². The summed E-state index contributed by atoms with van der Waals surface area (Å²) in [5, 5.41) is 0.354. The molecule has 0 amide bonds. The molecule has 0 aliphatic heterocycles. The normalized spacial score (nSPS) is 10.7. The molecule has 20 heavy (non-hydrogen) atoms. The Labute approximate surface area is 123 Å². The van der Waals surface area contributed by atoms with Gasteiger partial charge in [-0.1, -0.05) is 25.4 Å². The minimum absolute atomic E-state index is 0.354. The van der Waals surface area contributed by atoms with Crippen molar-refractivity contribution in [1.82, 2.24) is 9.97 Å². The van der Waals surface area contributed by atoms with Gasteiger partial charge in [0, 0.05) is 11.6 Å². The average Bonchev–Trinajstić information content (AvgIpc) is 2.45. The lowest BCUT2D eigenvalue weighted by atomic mass is 10.2. The summed E-state index contributed by atoms with van der Waals surface area (Å²) in [5.74, 6) is 2.30. The molecule has 0 fully saturated rings. The van der Waals surface area contributed by atoms with Crippen molar-refractivity contribution < 1.29 is 9.47 Å². The van der Waals surface area contributed by atoms with Crippen molar-refractivity contribution in [2.45, 2.75) is 13.8 Å². The number of halogens is 1. The van der Waals surface area contributed by atoms with Gasteiger partial charge in [0.15, 0.2) is 5.82 Å². The lowest BCUT2D eigenvalue weighted by Crippen LogP contribution is -2.04. The van der Waals surface area contributed by atoms with Gasteiger partial charge >= 0.3 is 0 Å². The highest BCUT2D eigenvalue weighted by Crippen LogP contribution is 2.23. The average molecular weight is 293 g/mol. The van der Waals surface area contributed by atoms with E-state index in [1.807, 2.05) is 24.3 Å². The zero-order chi connectivity index (χ0) is 14.5. The molecule has 5 heteroatoms. The Kier molecular flexibility index (Phi) is 4.79. The summed E-state index contributed by atoms with van der Waals surface area (Å²) in [6.07, 6.45) is 0. The summed E-state index contributed by atoms with van der Waals surface area (Å²) >= 11 is 5.94. The Morgan fingerprint density at radius 3 is 2.45 bits per heavy atom. The predicted molar refractivity (Wildman–Crippen MR) is 79.4 cm³/mol. The van der Waals surface area contributed by atoms with Crippen molar-refractivity contribution in [3.63, 3.8) is 0 Å². The van der Waals surface area contributed by atoms with Crippen LogP contribution in [-0.4, -0.2) is 23.7 Å². The maximum absolute atomic E-state index is 5.94. The molecule has 0 unspecified atom stereocenters. The molecular weight excluding hydrogens is 276 g/mol. The number of hydrogen-bond donors (Lipinski definition) is 0. The van der Waals surface area contributed by atoms with Gasteiger partial charge in [0.05, 0.1) is 13.7 Å². The molecule has 0 N–H and O–H groups in total. The van der Waals surface area contributed by atoms with E-state index < -0.39 is 0 Å². The molecule has 2 aromatic rings. The highest BCUT2D eigenvalue weighted by Gasteiger charge is 2.06. The van der Waals surface area contributed by atoms with Crippen LogP contribution in [0.4, 0.5) is 0 Å². The van der Waals surface area contributed by atoms with Crippen LogP contribution in [0.5, 0.6) is 11.6 Å². The first-order valence-electron chi connectivity index (χ1n) is 6.40. The van der Waals surface area contributed by atoms with Crippen LogP contribution >= 0.6 is 11.6 Å². The fourth-order valence-corrected chi connectivity index (χ4v) is 1.77. The van der Waals surface area contributed by atoms with Crippen molar-refractivity contribution in [1.29, 1.82) is 0 Å². The van der Waals surface area contributed by atoms with Gasteiger partial charge in [-0.2, -0.15) is 4.98 Å². The maximum Gasteiger partial charge on any atom is 0.218 e. The quantitative estimate of drug-likeness (QED) is 0.785. The van der Waals surface area contributed by atoms with Gasteiger partial charge in [-0.15, -0.1) is 0 Å². The Balaban J connectivity index is 2.19. The second-order valence-electron chi connectivity index (χ2n) is 4.79. The molecule has 1 aromatic heterocycles. The van der Waals surface area contributed by atoms with Crippen LogP contribution in [0.25, 0.3) is 11.4 Å². The van der Waals surface area contributed by atoms with E-state index in [0.29, 0.717) is 29.4 Å². The molecule has 2 rings (SSSR count). The van der Waals surface area contributed by atoms with E-state index in [1.54, 1.807) is 13.2 Å². The molecule has 0 saturated heterocycles. The number of ether oxygens (including phenoxy) is 2. The van der Waals surface area contributed by atoms with E-state index in [-0.39, 0.29) is 0 Å². The van der Waals surface area contributed by atoms with Gasteiger partial charge in [-0.05, 0) is 30.2 Å². The lowest BCUT2D eigenvalue weighted by Gasteiger charge is -2.09. The topological polar surface area (TPSA) is 44.2 Å². The van der Waals surface area contributed by atoms with Crippen molar-refractivity contribution >= 4 is 11.6 Å². The SMILES string of the molecule is COc1cc(Cl)nc(-c2ccc(OCC(C)C)cc2)n1. The standard InChI is InChI=1S/C15H17ClN2O2/c1-10(2)9-20-12-6-4-11(5-7-12)15-17-13(16)8-14(18-15)19-3/h4-8,10H,9H2,1-3H3. The second kappa shape index (κ2) is 6.57. The van der Waals surface area contributed by atoms with Crippen molar-refractivity contribution in [2.24, 2.45) is 5.92 Å². The molecule has 0 saturated carbocycles. The Morgan fingerprint density at radius 2 is 1.85 bits per heavy atom. The number of nitrogens with zero attached hydrogens (tertiary/aromatic N) is 2. The number of methoxy groups -OCH3 is 1. The summed E-state index contributed by atoms with van der Waals surface area (Å²) in [6, 6.07) is 9.18. The van der Waals surface area contributed by atoms with E-state index >= 15 is 0 Å². The highest BCUT2D eigenvalue weighted by molar-refractivity contribution is 6.29.